The molecule has 2 aromatic rings. The summed E-state index contributed by atoms with van der Waals surface area (Å²) in [6.07, 6.45) is 2.88. The summed E-state index contributed by atoms with van der Waals surface area (Å²) in [6.45, 7) is 2.00. The molecule has 1 heterocycles. The monoisotopic (exact) mass is 256 g/mol. The van der Waals surface area contributed by atoms with Crippen LogP contribution in [0.2, 0.25) is 0 Å². The summed E-state index contributed by atoms with van der Waals surface area (Å²) in [5, 5.41) is 3.34. The molecule has 1 unspecified atom stereocenters. The van der Waals surface area contributed by atoms with Crippen molar-refractivity contribution in [1.29, 1.82) is 0 Å². The van der Waals surface area contributed by atoms with E-state index in [1.54, 1.807) is 7.11 Å². The predicted octanol–water partition coefficient (Wildman–Crippen LogP) is 2.90. The fraction of sp³-hybridized carbons (Fsp3) is 0.312. The Hall–Kier alpha value is -1.87. The second-order valence-electron chi connectivity index (χ2n) is 4.63. The summed E-state index contributed by atoms with van der Waals surface area (Å²) < 4.78 is 5.17. The SMILES string of the molecule is CNC(Cc1ccc(OC)cc1)c1ccc(C)nc1. The molecule has 0 radical (unpaired) electrons. The average Bonchev–Trinajstić information content (AvgIpc) is 2.46. The number of hydrogen-bond acceptors (Lipinski definition) is 3. The topological polar surface area (TPSA) is 34.1 Å². The van der Waals surface area contributed by atoms with Crippen LogP contribution in [0.25, 0.3) is 0 Å². The summed E-state index contributed by atoms with van der Waals surface area (Å²) in [6, 6.07) is 12.7. The van der Waals surface area contributed by atoms with Crippen LogP contribution in [0.4, 0.5) is 0 Å². The Morgan fingerprint density at radius 2 is 1.89 bits per heavy atom. The molecule has 3 nitrogen and oxygen atoms in total. The summed E-state index contributed by atoms with van der Waals surface area (Å²) in [5.41, 5.74) is 3.53. The van der Waals surface area contributed by atoms with Gasteiger partial charge in [-0.2, -0.15) is 0 Å². The van der Waals surface area contributed by atoms with Gasteiger partial charge in [-0.1, -0.05) is 18.2 Å². The van der Waals surface area contributed by atoms with Crippen LogP contribution >= 0.6 is 0 Å². The second-order valence-corrected chi connectivity index (χ2v) is 4.63. The molecule has 100 valence electrons. The molecule has 1 atom stereocenters. The molecule has 19 heavy (non-hydrogen) atoms. The number of aryl methyl sites for hydroxylation is 1. The van der Waals surface area contributed by atoms with Crippen LogP contribution in [0, 0.1) is 6.92 Å². The second kappa shape index (κ2) is 6.34. The maximum Gasteiger partial charge on any atom is 0.118 e. The van der Waals surface area contributed by atoms with E-state index in [0.717, 1.165) is 17.9 Å². The summed E-state index contributed by atoms with van der Waals surface area (Å²) >= 11 is 0. The molecule has 2 rings (SSSR count). The van der Waals surface area contributed by atoms with E-state index in [0.29, 0.717) is 0 Å². The van der Waals surface area contributed by atoms with Crippen LogP contribution in [-0.2, 0) is 6.42 Å². The molecular formula is C16H20N2O. The van der Waals surface area contributed by atoms with E-state index in [-0.39, 0.29) is 6.04 Å². The highest BCUT2D eigenvalue weighted by molar-refractivity contribution is 5.29. The van der Waals surface area contributed by atoms with E-state index < -0.39 is 0 Å². The maximum absolute atomic E-state index is 5.17. The first kappa shape index (κ1) is 13.6. The zero-order valence-corrected chi connectivity index (χ0v) is 11.7. The van der Waals surface area contributed by atoms with E-state index in [1.165, 1.54) is 11.1 Å². The van der Waals surface area contributed by atoms with E-state index in [2.05, 4.69) is 28.5 Å². The van der Waals surface area contributed by atoms with Crippen molar-refractivity contribution in [3.63, 3.8) is 0 Å². The molecule has 0 spiro atoms. The van der Waals surface area contributed by atoms with Crippen molar-refractivity contribution in [3.05, 3.63) is 59.4 Å². The third-order valence-electron chi connectivity index (χ3n) is 3.28. The molecule has 0 aliphatic carbocycles. The molecule has 1 N–H and O–H groups in total. The third kappa shape index (κ3) is 3.55. The fourth-order valence-electron chi connectivity index (χ4n) is 2.07. The first-order valence-corrected chi connectivity index (χ1v) is 6.45. The van der Waals surface area contributed by atoms with E-state index in [4.69, 9.17) is 4.74 Å². The number of nitrogens with zero attached hydrogens (tertiary/aromatic N) is 1. The summed E-state index contributed by atoms with van der Waals surface area (Å²) in [7, 11) is 3.66. The Morgan fingerprint density at radius 3 is 2.42 bits per heavy atom. The van der Waals surface area contributed by atoms with Crippen LogP contribution in [0.3, 0.4) is 0 Å². The molecule has 1 aromatic carbocycles. The molecule has 0 saturated carbocycles. The van der Waals surface area contributed by atoms with Crippen molar-refractivity contribution in [3.8, 4) is 5.75 Å². The summed E-state index contributed by atoms with van der Waals surface area (Å²) in [5.74, 6) is 0.891. The standard InChI is InChI=1S/C16H20N2O/c1-12-4-7-14(11-18-12)16(17-2)10-13-5-8-15(19-3)9-6-13/h4-9,11,16-17H,10H2,1-3H3. The predicted molar refractivity (Wildman–Crippen MR) is 77.5 cm³/mol. The van der Waals surface area contributed by atoms with Gasteiger partial charge in [-0.25, -0.2) is 0 Å². The van der Waals surface area contributed by atoms with Gasteiger partial charge in [-0.3, -0.25) is 4.98 Å². The number of methoxy groups -OCH3 is 1. The van der Waals surface area contributed by atoms with Gasteiger partial charge in [0.15, 0.2) is 0 Å². The molecule has 0 bridgehead atoms. The van der Waals surface area contributed by atoms with Crippen LogP contribution in [-0.4, -0.2) is 19.1 Å². The van der Waals surface area contributed by atoms with Crippen molar-refractivity contribution in [2.75, 3.05) is 14.2 Å². The van der Waals surface area contributed by atoms with Gasteiger partial charge in [0.05, 0.1) is 7.11 Å². The van der Waals surface area contributed by atoms with Crippen LogP contribution in [0.15, 0.2) is 42.6 Å². The average molecular weight is 256 g/mol. The van der Waals surface area contributed by atoms with Crippen molar-refractivity contribution in [1.82, 2.24) is 10.3 Å². The highest BCUT2D eigenvalue weighted by Crippen LogP contribution is 2.19. The molecule has 1 aromatic heterocycles. The lowest BCUT2D eigenvalue weighted by atomic mass is 10.00. The molecule has 0 fully saturated rings. The zero-order valence-electron chi connectivity index (χ0n) is 11.7. The molecular weight excluding hydrogens is 236 g/mol. The van der Waals surface area contributed by atoms with Crippen molar-refractivity contribution >= 4 is 0 Å². The molecule has 3 heteroatoms. The van der Waals surface area contributed by atoms with Gasteiger partial charge in [0.1, 0.15) is 5.75 Å². The Labute approximate surface area is 114 Å². The lowest BCUT2D eigenvalue weighted by Gasteiger charge is -2.16. The first-order chi connectivity index (χ1) is 9.22. The van der Waals surface area contributed by atoms with Gasteiger partial charge in [0.2, 0.25) is 0 Å². The molecule has 0 amide bonds. The van der Waals surface area contributed by atoms with Crippen molar-refractivity contribution in [2.24, 2.45) is 0 Å². The smallest absolute Gasteiger partial charge is 0.118 e. The third-order valence-corrected chi connectivity index (χ3v) is 3.28. The molecule has 0 aliphatic heterocycles. The number of aromatic nitrogens is 1. The van der Waals surface area contributed by atoms with Crippen LogP contribution in [0.5, 0.6) is 5.75 Å². The van der Waals surface area contributed by atoms with E-state index in [1.807, 2.05) is 38.4 Å². The minimum atomic E-state index is 0.279. The van der Waals surface area contributed by atoms with Crippen molar-refractivity contribution < 1.29 is 4.74 Å². The van der Waals surface area contributed by atoms with Gasteiger partial charge < -0.3 is 10.1 Å². The van der Waals surface area contributed by atoms with Crippen LogP contribution < -0.4 is 10.1 Å². The minimum absolute atomic E-state index is 0.279. The van der Waals surface area contributed by atoms with E-state index in [9.17, 15) is 0 Å². The highest BCUT2D eigenvalue weighted by atomic mass is 16.5. The number of hydrogen-bond donors (Lipinski definition) is 1. The Bertz CT molecular complexity index is 505. The minimum Gasteiger partial charge on any atom is -0.497 e. The first-order valence-electron chi connectivity index (χ1n) is 6.45. The Kier molecular flexibility index (Phi) is 4.53. The van der Waals surface area contributed by atoms with Gasteiger partial charge >= 0.3 is 0 Å². The number of ether oxygens (including phenoxy) is 1. The van der Waals surface area contributed by atoms with Gasteiger partial charge in [-0.15, -0.1) is 0 Å². The number of nitrogens with one attached hydrogen (secondary N) is 1. The van der Waals surface area contributed by atoms with Gasteiger partial charge in [0.25, 0.3) is 0 Å². The number of benzene rings is 1. The normalized spacial score (nSPS) is 12.2. The lowest BCUT2D eigenvalue weighted by molar-refractivity contribution is 0.414. The Balaban J connectivity index is 2.11. The fourth-order valence-corrected chi connectivity index (χ4v) is 2.07. The zero-order chi connectivity index (χ0) is 13.7. The Morgan fingerprint density at radius 1 is 1.16 bits per heavy atom. The quantitative estimate of drug-likeness (QED) is 0.893. The van der Waals surface area contributed by atoms with Crippen molar-refractivity contribution in [2.45, 2.75) is 19.4 Å². The molecule has 0 saturated heterocycles. The largest absolute Gasteiger partial charge is 0.497 e. The highest BCUT2D eigenvalue weighted by Gasteiger charge is 2.10. The van der Waals surface area contributed by atoms with Gasteiger partial charge in [0, 0.05) is 17.9 Å². The molecule has 0 aliphatic rings. The number of rotatable bonds is 5. The van der Waals surface area contributed by atoms with Crippen LogP contribution in [0.1, 0.15) is 22.9 Å². The lowest BCUT2D eigenvalue weighted by Crippen LogP contribution is -2.19. The summed E-state index contributed by atoms with van der Waals surface area (Å²) in [4.78, 5) is 4.36. The maximum atomic E-state index is 5.17. The number of pyridine rings is 1. The van der Waals surface area contributed by atoms with E-state index >= 15 is 0 Å². The number of likely N-dealkylation sites (N-methyl/N-ethyl adjacent to an activating group) is 1. The van der Waals surface area contributed by atoms with Gasteiger partial charge in [-0.05, 0) is 49.7 Å².